The Labute approximate surface area is 131 Å². The van der Waals surface area contributed by atoms with E-state index in [2.05, 4.69) is 10.3 Å². The number of fused-ring (bicyclic) bond motifs is 1. The van der Waals surface area contributed by atoms with E-state index in [1.165, 1.54) is 6.07 Å². The van der Waals surface area contributed by atoms with Crippen LogP contribution in [-0.2, 0) is 4.79 Å². The van der Waals surface area contributed by atoms with Crippen molar-refractivity contribution in [2.45, 2.75) is 25.7 Å². The van der Waals surface area contributed by atoms with E-state index in [1.54, 1.807) is 18.2 Å². The van der Waals surface area contributed by atoms with Crippen molar-refractivity contribution in [3.05, 3.63) is 40.1 Å². The number of hydrogen-bond donors (Lipinski definition) is 3. The standard InChI is InChI=1S/C15H17N3O5/c19-13(20)7-2-1-3-8-16-15(21)11-9-10-5-4-6-12(18(22)23)14(10)17-11/h4-6,9,17H,1-3,7-8H2,(H,16,21)(H,19,20). The fraction of sp³-hybridized carbons (Fsp3) is 0.333. The number of aliphatic carboxylic acids is 1. The molecule has 0 fully saturated rings. The number of benzene rings is 1. The molecule has 122 valence electrons. The third-order valence-corrected chi connectivity index (χ3v) is 3.43. The highest BCUT2D eigenvalue weighted by Gasteiger charge is 2.16. The summed E-state index contributed by atoms with van der Waals surface area (Å²) in [4.78, 5) is 35.6. The van der Waals surface area contributed by atoms with Crippen LogP contribution in [0, 0.1) is 10.1 Å². The highest BCUT2D eigenvalue weighted by atomic mass is 16.6. The molecular formula is C15H17N3O5. The first-order chi connectivity index (χ1) is 11.0. The minimum Gasteiger partial charge on any atom is -0.481 e. The first-order valence-corrected chi connectivity index (χ1v) is 7.25. The summed E-state index contributed by atoms with van der Waals surface area (Å²) in [7, 11) is 0. The number of unbranched alkanes of at least 4 members (excludes halogenated alkanes) is 2. The maximum atomic E-state index is 12.0. The second kappa shape index (κ2) is 7.39. The van der Waals surface area contributed by atoms with Gasteiger partial charge in [0.1, 0.15) is 11.2 Å². The van der Waals surface area contributed by atoms with E-state index in [0.717, 1.165) is 0 Å². The highest BCUT2D eigenvalue weighted by molar-refractivity contribution is 6.00. The van der Waals surface area contributed by atoms with Crippen LogP contribution in [0.2, 0.25) is 0 Å². The van der Waals surface area contributed by atoms with Crippen molar-refractivity contribution in [1.82, 2.24) is 10.3 Å². The fourth-order valence-electron chi connectivity index (χ4n) is 2.29. The number of nitrogens with zero attached hydrogens (tertiary/aromatic N) is 1. The zero-order valence-corrected chi connectivity index (χ0v) is 12.4. The number of para-hydroxylation sites is 1. The molecule has 0 aliphatic rings. The minimum absolute atomic E-state index is 0.0739. The van der Waals surface area contributed by atoms with Gasteiger partial charge in [-0.1, -0.05) is 18.6 Å². The molecule has 23 heavy (non-hydrogen) atoms. The van der Waals surface area contributed by atoms with Crippen molar-refractivity contribution in [3.8, 4) is 0 Å². The van der Waals surface area contributed by atoms with Gasteiger partial charge < -0.3 is 15.4 Å². The Hall–Kier alpha value is -2.90. The van der Waals surface area contributed by atoms with E-state index >= 15 is 0 Å². The molecule has 0 unspecified atom stereocenters. The van der Waals surface area contributed by atoms with Crippen molar-refractivity contribution >= 4 is 28.5 Å². The molecule has 0 radical (unpaired) electrons. The first-order valence-electron chi connectivity index (χ1n) is 7.25. The second-order valence-electron chi connectivity index (χ2n) is 5.14. The summed E-state index contributed by atoms with van der Waals surface area (Å²) in [5, 5.41) is 22.8. The van der Waals surface area contributed by atoms with E-state index < -0.39 is 10.9 Å². The summed E-state index contributed by atoms with van der Waals surface area (Å²) >= 11 is 0. The summed E-state index contributed by atoms with van der Waals surface area (Å²) in [5.74, 6) is -1.16. The van der Waals surface area contributed by atoms with Crippen molar-refractivity contribution in [2.75, 3.05) is 6.54 Å². The molecule has 0 aliphatic heterocycles. The van der Waals surface area contributed by atoms with Crippen LogP contribution in [0.25, 0.3) is 10.9 Å². The summed E-state index contributed by atoms with van der Waals surface area (Å²) in [6.45, 7) is 0.426. The number of aromatic amines is 1. The van der Waals surface area contributed by atoms with Crippen LogP contribution in [0.5, 0.6) is 0 Å². The number of carboxylic acid groups (broad SMARTS) is 1. The Balaban J connectivity index is 1.93. The molecule has 1 aromatic carbocycles. The van der Waals surface area contributed by atoms with Crippen LogP contribution < -0.4 is 5.32 Å². The molecule has 1 heterocycles. The third kappa shape index (κ3) is 4.29. The molecule has 1 aromatic heterocycles. The zero-order chi connectivity index (χ0) is 16.8. The fourth-order valence-corrected chi connectivity index (χ4v) is 2.29. The number of nitro groups is 1. The van der Waals surface area contributed by atoms with Gasteiger partial charge in [-0.2, -0.15) is 0 Å². The molecular weight excluding hydrogens is 302 g/mol. The smallest absolute Gasteiger partial charge is 0.303 e. The number of hydrogen-bond acceptors (Lipinski definition) is 4. The van der Waals surface area contributed by atoms with Gasteiger partial charge >= 0.3 is 5.97 Å². The highest BCUT2D eigenvalue weighted by Crippen LogP contribution is 2.25. The lowest BCUT2D eigenvalue weighted by molar-refractivity contribution is -0.383. The molecule has 1 amide bonds. The van der Waals surface area contributed by atoms with Gasteiger partial charge in [0.25, 0.3) is 11.6 Å². The number of nitrogens with one attached hydrogen (secondary N) is 2. The number of H-pyrrole nitrogens is 1. The van der Waals surface area contributed by atoms with Crippen LogP contribution in [0.4, 0.5) is 5.69 Å². The monoisotopic (exact) mass is 319 g/mol. The second-order valence-corrected chi connectivity index (χ2v) is 5.14. The van der Waals surface area contributed by atoms with Crippen molar-refractivity contribution in [2.24, 2.45) is 0 Å². The van der Waals surface area contributed by atoms with Crippen LogP contribution in [0.3, 0.4) is 0 Å². The summed E-state index contributed by atoms with van der Waals surface area (Å²) in [6.07, 6.45) is 2.09. The molecule has 3 N–H and O–H groups in total. The van der Waals surface area contributed by atoms with Gasteiger partial charge in [-0.25, -0.2) is 0 Å². The number of non-ortho nitro benzene ring substituents is 1. The Morgan fingerprint density at radius 2 is 2.04 bits per heavy atom. The Kier molecular flexibility index (Phi) is 5.29. The summed E-state index contributed by atoms with van der Waals surface area (Å²) < 4.78 is 0. The minimum atomic E-state index is -0.825. The van der Waals surface area contributed by atoms with Crippen molar-refractivity contribution in [3.63, 3.8) is 0 Å². The summed E-state index contributed by atoms with van der Waals surface area (Å²) in [5.41, 5.74) is 0.513. The average Bonchev–Trinajstić information content (AvgIpc) is 2.93. The van der Waals surface area contributed by atoms with Gasteiger partial charge in [-0.15, -0.1) is 0 Å². The van der Waals surface area contributed by atoms with Gasteiger partial charge in [0, 0.05) is 24.4 Å². The Morgan fingerprint density at radius 1 is 1.26 bits per heavy atom. The van der Waals surface area contributed by atoms with E-state index in [-0.39, 0.29) is 23.7 Å². The van der Waals surface area contributed by atoms with Gasteiger partial charge in [-0.3, -0.25) is 19.7 Å². The topological polar surface area (TPSA) is 125 Å². The average molecular weight is 319 g/mol. The van der Waals surface area contributed by atoms with Crippen LogP contribution >= 0.6 is 0 Å². The maximum Gasteiger partial charge on any atom is 0.303 e. The van der Waals surface area contributed by atoms with E-state index in [4.69, 9.17) is 5.11 Å². The third-order valence-electron chi connectivity index (χ3n) is 3.43. The number of aromatic nitrogens is 1. The predicted molar refractivity (Wildman–Crippen MR) is 83.4 cm³/mol. The van der Waals surface area contributed by atoms with E-state index in [9.17, 15) is 19.7 Å². The molecule has 2 rings (SSSR count). The number of amides is 1. The molecule has 8 nitrogen and oxygen atoms in total. The first kappa shape index (κ1) is 16.5. The molecule has 0 aliphatic carbocycles. The van der Waals surface area contributed by atoms with Crippen LogP contribution in [-0.4, -0.2) is 33.4 Å². The molecule has 0 saturated heterocycles. The van der Waals surface area contributed by atoms with Gasteiger partial charge in [0.2, 0.25) is 0 Å². The lowest BCUT2D eigenvalue weighted by Gasteiger charge is -2.03. The maximum absolute atomic E-state index is 12.0. The Bertz CT molecular complexity index is 738. The summed E-state index contributed by atoms with van der Waals surface area (Å²) in [6, 6.07) is 6.21. The number of rotatable bonds is 8. The number of carboxylic acids is 1. The van der Waals surface area contributed by atoms with E-state index in [1.807, 2.05) is 0 Å². The molecule has 2 aromatic rings. The van der Waals surface area contributed by atoms with Crippen molar-refractivity contribution in [1.29, 1.82) is 0 Å². The quantitative estimate of drug-likeness (QED) is 0.391. The lowest BCUT2D eigenvalue weighted by atomic mass is 10.2. The van der Waals surface area contributed by atoms with E-state index in [0.29, 0.717) is 36.7 Å². The predicted octanol–water partition coefficient (Wildman–Crippen LogP) is 2.45. The van der Waals surface area contributed by atoms with Gasteiger partial charge in [0.05, 0.1) is 4.92 Å². The number of nitro benzene ring substituents is 1. The molecule has 0 atom stereocenters. The number of carbonyl (C=O) groups excluding carboxylic acids is 1. The van der Waals surface area contributed by atoms with Crippen molar-refractivity contribution < 1.29 is 19.6 Å². The molecule has 8 heteroatoms. The molecule has 0 spiro atoms. The van der Waals surface area contributed by atoms with Gasteiger partial charge in [0.15, 0.2) is 0 Å². The number of carbonyl (C=O) groups is 2. The molecule has 0 bridgehead atoms. The Morgan fingerprint density at radius 3 is 2.74 bits per heavy atom. The SMILES string of the molecule is O=C(O)CCCCCNC(=O)c1cc2cccc([N+](=O)[O-])c2[nH]1. The largest absolute Gasteiger partial charge is 0.481 e. The van der Waals surface area contributed by atoms with Crippen LogP contribution in [0.15, 0.2) is 24.3 Å². The zero-order valence-electron chi connectivity index (χ0n) is 12.4. The van der Waals surface area contributed by atoms with Gasteiger partial charge in [-0.05, 0) is 18.9 Å². The lowest BCUT2D eigenvalue weighted by Crippen LogP contribution is -2.24. The normalized spacial score (nSPS) is 10.6. The van der Waals surface area contributed by atoms with Crippen LogP contribution in [0.1, 0.15) is 36.2 Å². The molecule has 0 saturated carbocycles.